The molecule has 0 aliphatic heterocycles. The van der Waals surface area contributed by atoms with E-state index in [1.807, 2.05) is 70.2 Å². The Morgan fingerprint density at radius 2 is 1.77 bits per heavy atom. The lowest BCUT2D eigenvalue weighted by atomic mass is 10.1. The molecule has 0 heterocycles. The minimum absolute atomic E-state index is 0.0375. The third-order valence-corrected chi connectivity index (χ3v) is 5.50. The van der Waals surface area contributed by atoms with Crippen molar-refractivity contribution in [3.05, 3.63) is 59.2 Å². The standard InChI is InChI=1S/C25H34N2O4/c1-7-19(4)26-25(29)20(5)27(15-21-9-8-10-22(14-21)30-6)24(28)16-31-23-12-11-17(2)18(3)13-23/h8-14,19-20H,7,15-16H2,1-6H3,(H,26,29)/t19-,20+/m1/s1. The van der Waals surface area contributed by atoms with E-state index in [1.165, 1.54) is 0 Å². The fraction of sp³-hybridized carbons (Fsp3) is 0.440. The Morgan fingerprint density at radius 3 is 2.42 bits per heavy atom. The second kappa shape index (κ2) is 11.4. The van der Waals surface area contributed by atoms with Crippen molar-refractivity contribution in [2.75, 3.05) is 13.7 Å². The number of carbonyl (C=O) groups is 2. The maximum atomic E-state index is 13.1. The van der Waals surface area contributed by atoms with E-state index in [1.54, 1.807) is 18.9 Å². The van der Waals surface area contributed by atoms with Gasteiger partial charge in [0, 0.05) is 12.6 Å². The summed E-state index contributed by atoms with van der Waals surface area (Å²) in [5.74, 6) is 0.895. The van der Waals surface area contributed by atoms with Crippen molar-refractivity contribution < 1.29 is 19.1 Å². The fourth-order valence-corrected chi connectivity index (χ4v) is 3.05. The average Bonchev–Trinajstić information content (AvgIpc) is 2.77. The summed E-state index contributed by atoms with van der Waals surface area (Å²) in [5, 5.41) is 2.96. The molecule has 6 heteroatoms. The van der Waals surface area contributed by atoms with E-state index in [4.69, 9.17) is 9.47 Å². The number of aryl methyl sites for hydroxylation is 2. The van der Waals surface area contributed by atoms with Gasteiger partial charge in [0.05, 0.1) is 7.11 Å². The van der Waals surface area contributed by atoms with Gasteiger partial charge in [-0.05, 0) is 75.1 Å². The van der Waals surface area contributed by atoms with Crippen LogP contribution in [0.4, 0.5) is 0 Å². The molecule has 0 aliphatic carbocycles. The molecular formula is C25H34N2O4. The fourth-order valence-electron chi connectivity index (χ4n) is 3.05. The molecule has 168 valence electrons. The van der Waals surface area contributed by atoms with Crippen LogP contribution in [0.3, 0.4) is 0 Å². The van der Waals surface area contributed by atoms with Gasteiger partial charge in [0.1, 0.15) is 17.5 Å². The third-order valence-electron chi connectivity index (χ3n) is 5.50. The van der Waals surface area contributed by atoms with Crippen molar-refractivity contribution >= 4 is 11.8 Å². The molecule has 0 radical (unpaired) electrons. The molecule has 0 spiro atoms. The molecule has 0 saturated heterocycles. The summed E-state index contributed by atoms with van der Waals surface area (Å²) >= 11 is 0. The van der Waals surface area contributed by atoms with Gasteiger partial charge < -0.3 is 19.7 Å². The number of amides is 2. The number of carbonyl (C=O) groups excluding carboxylic acids is 2. The zero-order valence-corrected chi connectivity index (χ0v) is 19.4. The molecular weight excluding hydrogens is 392 g/mol. The SMILES string of the molecule is CC[C@@H](C)NC(=O)[C@H](C)N(Cc1cccc(OC)c1)C(=O)COc1ccc(C)c(C)c1. The summed E-state index contributed by atoms with van der Waals surface area (Å²) in [4.78, 5) is 27.4. The summed E-state index contributed by atoms with van der Waals surface area (Å²) in [6.45, 7) is 9.85. The maximum absolute atomic E-state index is 13.1. The van der Waals surface area contributed by atoms with Gasteiger partial charge in [-0.15, -0.1) is 0 Å². The molecule has 0 bridgehead atoms. The van der Waals surface area contributed by atoms with Crippen LogP contribution in [0.2, 0.25) is 0 Å². The molecule has 2 rings (SSSR count). The first-order chi connectivity index (χ1) is 14.7. The molecule has 0 aromatic heterocycles. The van der Waals surface area contributed by atoms with Crippen molar-refractivity contribution in [1.82, 2.24) is 10.2 Å². The number of nitrogens with zero attached hydrogens (tertiary/aromatic N) is 1. The van der Waals surface area contributed by atoms with E-state index >= 15 is 0 Å². The number of methoxy groups -OCH3 is 1. The number of ether oxygens (including phenoxy) is 2. The van der Waals surface area contributed by atoms with Gasteiger partial charge in [0.2, 0.25) is 5.91 Å². The summed E-state index contributed by atoms with van der Waals surface area (Å²) in [6.07, 6.45) is 0.818. The van der Waals surface area contributed by atoms with Crippen LogP contribution in [0.25, 0.3) is 0 Å². The van der Waals surface area contributed by atoms with Crippen LogP contribution in [-0.4, -0.2) is 42.5 Å². The number of benzene rings is 2. The van der Waals surface area contributed by atoms with Crippen LogP contribution in [0.15, 0.2) is 42.5 Å². The zero-order valence-electron chi connectivity index (χ0n) is 19.4. The monoisotopic (exact) mass is 426 g/mol. The number of nitrogens with one attached hydrogen (secondary N) is 1. The Hall–Kier alpha value is -3.02. The Labute approximate surface area is 185 Å². The normalized spacial score (nSPS) is 12.6. The van der Waals surface area contributed by atoms with Crippen molar-refractivity contribution in [3.63, 3.8) is 0 Å². The van der Waals surface area contributed by atoms with Gasteiger partial charge in [-0.3, -0.25) is 9.59 Å². The van der Waals surface area contributed by atoms with E-state index < -0.39 is 6.04 Å². The van der Waals surface area contributed by atoms with Crippen molar-refractivity contribution in [3.8, 4) is 11.5 Å². The van der Waals surface area contributed by atoms with E-state index in [-0.39, 0.29) is 31.0 Å². The predicted octanol–water partition coefficient (Wildman–Crippen LogP) is 4.02. The summed E-state index contributed by atoms with van der Waals surface area (Å²) in [5.41, 5.74) is 3.13. The van der Waals surface area contributed by atoms with Gasteiger partial charge in [-0.2, -0.15) is 0 Å². The minimum atomic E-state index is -0.643. The average molecular weight is 427 g/mol. The lowest BCUT2D eigenvalue weighted by molar-refractivity contribution is -0.142. The van der Waals surface area contributed by atoms with E-state index in [9.17, 15) is 9.59 Å². The highest BCUT2D eigenvalue weighted by Crippen LogP contribution is 2.18. The van der Waals surface area contributed by atoms with Crippen molar-refractivity contribution in [1.29, 1.82) is 0 Å². The highest BCUT2D eigenvalue weighted by Gasteiger charge is 2.27. The first kappa shape index (κ1) is 24.3. The molecule has 1 N–H and O–H groups in total. The van der Waals surface area contributed by atoms with Gasteiger partial charge in [-0.25, -0.2) is 0 Å². The molecule has 31 heavy (non-hydrogen) atoms. The van der Waals surface area contributed by atoms with E-state index in [0.717, 1.165) is 23.1 Å². The number of hydrogen-bond donors (Lipinski definition) is 1. The largest absolute Gasteiger partial charge is 0.497 e. The van der Waals surface area contributed by atoms with E-state index in [0.29, 0.717) is 11.5 Å². The molecule has 0 aliphatic rings. The molecule has 6 nitrogen and oxygen atoms in total. The van der Waals surface area contributed by atoms with E-state index in [2.05, 4.69) is 5.32 Å². The Morgan fingerprint density at radius 1 is 1.03 bits per heavy atom. The first-order valence-corrected chi connectivity index (χ1v) is 10.7. The Balaban J connectivity index is 2.18. The Kier molecular flexibility index (Phi) is 8.91. The first-order valence-electron chi connectivity index (χ1n) is 10.7. The van der Waals surface area contributed by atoms with Crippen LogP contribution in [0, 0.1) is 13.8 Å². The minimum Gasteiger partial charge on any atom is -0.497 e. The zero-order chi connectivity index (χ0) is 23.0. The van der Waals surface area contributed by atoms with Crippen LogP contribution in [0.5, 0.6) is 11.5 Å². The van der Waals surface area contributed by atoms with Crippen LogP contribution >= 0.6 is 0 Å². The lowest BCUT2D eigenvalue weighted by Crippen LogP contribution is -2.50. The van der Waals surface area contributed by atoms with Gasteiger partial charge in [0.15, 0.2) is 6.61 Å². The molecule has 0 saturated carbocycles. The summed E-state index contributed by atoms with van der Waals surface area (Å²) < 4.78 is 11.0. The highest BCUT2D eigenvalue weighted by atomic mass is 16.5. The summed E-state index contributed by atoms with van der Waals surface area (Å²) in [6, 6.07) is 12.6. The third kappa shape index (κ3) is 7.02. The topological polar surface area (TPSA) is 67.9 Å². The molecule has 2 aromatic rings. The number of hydrogen-bond acceptors (Lipinski definition) is 4. The quantitative estimate of drug-likeness (QED) is 0.623. The van der Waals surface area contributed by atoms with Crippen molar-refractivity contribution in [2.24, 2.45) is 0 Å². The molecule has 2 amide bonds. The Bertz CT molecular complexity index is 897. The predicted molar refractivity (Wildman–Crippen MR) is 122 cm³/mol. The van der Waals surface area contributed by atoms with Crippen molar-refractivity contribution in [2.45, 2.75) is 59.7 Å². The van der Waals surface area contributed by atoms with Gasteiger partial charge in [-0.1, -0.05) is 25.1 Å². The van der Waals surface area contributed by atoms with Gasteiger partial charge >= 0.3 is 0 Å². The second-order valence-corrected chi connectivity index (χ2v) is 7.90. The number of rotatable bonds is 10. The van der Waals surface area contributed by atoms with Gasteiger partial charge in [0.25, 0.3) is 5.91 Å². The molecule has 0 unspecified atom stereocenters. The summed E-state index contributed by atoms with van der Waals surface area (Å²) in [7, 11) is 1.60. The smallest absolute Gasteiger partial charge is 0.261 e. The lowest BCUT2D eigenvalue weighted by Gasteiger charge is -2.29. The van der Waals surface area contributed by atoms with Crippen LogP contribution < -0.4 is 14.8 Å². The highest BCUT2D eigenvalue weighted by molar-refractivity contribution is 5.88. The van der Waals surface area contributed by atoms with Crippen LogP contribution in [-0.2, 0) is 16.1 Å². The maximum Gasteiger partial charge on any atom is 0.261 e. The van der Waals surface area contributed by atoms with Crippen LogP contribution in [0.1, 0.15) is 43.9 Å². The molecule has 2 atom stereocenters. The molecule has 0 fully saturated rings. The molecule has 2 aromatic carbocycles. The second-order valence-electron chi connectivity index (χ2n) is 7.90.